The normalized spacial score (nSPS) is 13.2. The summed E-state index contributed by atoms with van der Waals surface area (Å²) in [5, 5.41) is 10.4. The number of aliphatic hydroxyl groups is 1. The third-order valence-electron chi connectivity index (χ3n) is 3.33. The van der Waals surface area contributed by atoms with Crippen LogP contribution in [-0.4, -0.2) is 17.8 Å². The van der Waals surface area contributed by atoms with Crippen LogP contribution in [0.25, 0.3) is 0 Å². The van der Waals surface area contributed by atoms with Crippen molar-refractivity contribution < 1.29 is 9.84 Å². The minimum atomic E-state index is -0.685. The van der Waals surface area contributed by atoms with Crippen LogP contribution in [0.2, 0.25) is 0 Å². The molecule has 1 atom stereocenters. The standard InChI is InChI=1S/C17H28N2O2/c1-3-5-6-10-21-17(7-4-2)16(20)12-13-11-14(18)8-9-15(13)19/h7-9,11,16,20H,3-6,10,12,18-19H2,1-2H3. The molecule has 118 valence electrons. The molecule has 0 aliphatic carbocycles. The van der Waals surface area contributed by atoms with Crippen LogP contribution >= 0.6 is 0 Å². The van der Waals surface area contributed by atoms with E-state index < -0.39 is 6.10 Å². The SMILES string of the molecule is CCC=C(OCCCCC)C(O)Cc1cc(N)ccc1N. The van der Waals surface area contributed by atoms with E-state index in [1.54, 1.807) is 18.2 Å². The monoisotopic (exact) mass is 292 g/mol. The molecule has 0 aliphatic heterocycles. The first kappa shape index (κ1) is 17.4. The lowest BCUT2D eigenvalue weighted by Crippen LogP contribution is -2.18. The number of unbranched alkanes of at least 4 members (excludes halogenated alkanes) is 2. The maximum Gasteiger partial charge on any atom is 0.121 e. The smallest absolute Gasteiger partial charge is 0.121 e. The minimum absolute atomic E-state index is 0.413. The molecular weight excluding hydrogens is 264 g/mol. The first-order valence-electron chi connectivity index (χ1n) is 7.73. The Bertz CT molecular complexity index is 458. The van der Waals surface area contributed by atoms with E-state index in [2.05, 4.69) is 6.92 Å². The van der Waals surface area contributed by atoms with E-state index in [1.807, 2.05) is 13.0 Å². The molecule has 21 heavy (non-hydrogen) atoms. The summed E-state index contributed by atoms with van der Waals surface area (Å²) in [6, 6.07) is 5.33. The van der Waals surface area contributed by atoms with Crippen molar-refractivity contribution in [3.8, 4) is 0 Å². The van der Waals surface area contributed by atoms with Crippen LogP contribution in [0.15, 0.2) is 30.0 Å². The molecule has 1 unspecified atom stereocenters. The van der Waals surface area contributed by atoms with E-state index in [9.17, 15) is 5.11 Å². The number of benzene rings is 1. The molecular formula is C17H28N2O2. The Hall–Kier alpha value is -1.68. The summed E-state index contributed by atoms with van der Waals surface area (Å²) in [4.78, 5) is 0. The van der Waals surface area contributed by atoms with E-state index in [4.69, 9.17) is 16.2 Å². The third kappa shape index (κ3) is 6.08. The highest BCUT2D eigenvalue weighted by Gasteiger charge is 2.14. The summed E-state index contributed by atoms with van der Waals surface area (Å²) in [6.45, 7) is 4.82. The van der Waals surface area contributed by atoms with Gasteiger partial charge >= 0.3 is 0 Å². The van der Waals surface area contributed by atoms with Crippen LogP contribution in [0, 0.1) is 0 Å². The zero-order chi connectivity index (χ0) is 15.7. The van der Waals surface area contributed by atoms with Gasteiger partial charge in [0.1, 0.15) is 11.9 Å². The number of hydrogen-bond acceptors (Lipinski definition) is 4. The number of nitrogens with two attached hydrogens (primary N) is 2. The summed E-state index contributed by atoms with van der Waals surface area (Å²) in [5.41, 5.74) is 13.8. The van der Waals surface area contributed by atoms with Gasteiger partial charge in [0.05, 0.1) is 6.61 Å². The molecule has 1 rings (SSSR count). The Morgan fingerprint density at radius 2 is 2.05 bits per heavy atom. The van der Waals surface area contributed by atoms with Crippen molar-refractivity contribution in [2.24, 2.45) is 0 Å². The highest BCUT2D eigenvalue weighted by molar-refractivity contribution is 5.55. The Morgan fingerprint density at radius 3 is 2.71 bits per heavy atom. The van der Waals surface area contributed by atoms with E-state index in [-0.39, 0.29) is 0 Å². The van der Waals surface area contributed by atoms with Crippen molar-refractivity contribution in [3.05, 3.63) is 35.6 Å². The Kier molecular flexibility index (Phi) is 7.69. The summed E-state index contributed by atoms with van der Waals surface area (Å²) in [7, 11) is 0. The van der Waals surface area contributed by atoms with Crippen molar-refractivity contribution in [3.63, 3.8) is 0 Å². The lowest BCUT2D eigenvalue weighted by Gasteiger charge is -2.18. The predicted octanol–water partition coefficient (Wildman–Crippen LogP) is 3.26. The van der Waals surface area contributed by atoms with Crippen LogP contribution in [0.5, 0.6) is 0 Å². The molecule has 0 aromatic heterocycles. The van der Waals surface area contributed by atoms with Gasteiger partial charge < -0.3 is 21.3 Å². The van der Waals surface area contributed by atoms with E-state index >= 15 is 0 Å². The number of anilines is 2. The number of nitrogen functional groups attached to an aromatic ring is 2. The molecule has 4 heteroatoms. The second kappa shape index (κ2) is 9.29. The summed E-state index contributed by atoms with van der Waals surface area (Å²) in [6.07, 6.45) is 5.78. The summed E-state index contributed by atoms with van der Waals surface area (Å²) in [5.74, 6) is 0.635. The maximum atomic E-state index is 10.4. The third-order valence-corrected chi connectivity index (χ3v) is 3.33. The Morgan fingerprint density at radius 1 is 1.29 bits per heavy atom. The second-order valence-electron chi connectivity index (χ2n) is 5.25. The van der Waals surface area contributed by atoms with Gasteiger partial charge in [-0.3, -0.25) is 0 Å². The highest BCUT2D eigenvalue weighted by Crippen LogP contribution is 2.20. The molecule has 0 heterocycles. The van der Waals surface area contributed by atoms with Gasteiger partial charge in [0.15, 0.2) is 0 Å². The van der Waals surface area contributed by atoms with E-state index in [0.717, 1.165) is 31.2 Å². The average molecular weight is 292 g/mol. The van der Waals surface area contributed by atoms with Crippen molar-refractivity contribution in [1.82, 2.24) is 0 Å². The number of rotatable bonds is 9. The van der Waals surface area contributed by atoms with Gasteiger partial charge in [0.25, 0.3) is 0 Å². The maximum absolute atomic E-state index is 10.4. The highest BCUT2D eigenvalue weighted by atomic mass is 16.5. The number of ether oxygens (including phenoxy) is 1. The summed E-state index contributed by atoms with van der Waals surface area (Å²) < 4.78 is 5.73. The zero-order valence-electron chi connectivity index (χ0n) is 13.1. The quantitative estimate of drug-likeness (QED) is 0.371. The largest absolute Gasteiger partial charge is 0.496 e. The molecule has 0 bridgehead atoms. The lowest BCUT2D eigenvalue weighted by atomic mass is 10.0. The lowest BCUT2D eigenvalue weighted by molar-refractivity contribution is 0.0990. The van der Waals surface area contributed by atoms with Gasteiger partial charge in [-0.15, -0.1) is 0 Å². The number of hydrogen-bond donors (Lipinski definition) is 3. The molecule has 0 radical (unpaired) electrons. The van der Waals surface area contributed by atoms with Gasteiger partial charge in [-0.25, -0.2) is 0 Å². The molecule has 1 aromatic carbocycles. The topological polar surface area (TPSA) is 81.5 Å². The van der Waals surface area contributed by atoms with Crippen molar-refractivity contribution in [2.45, 2.75) is 52.1 Å². The molecule has 0 saturated heterocycles. The molecule has 1 aromatic rings. The van der Waals surface area contributed by atoms with Gasteiger partial charge in [-0.2, -0.15) is 0 Å². The second-order valence-corrected chi connectivity index (χ2v) is 5.25. The average Bonchev–Trinajstić information content (AvgIpc) is 2.46. The molecule has 4 nitrogen and oxygen atoms in total. The number of aliphatic hydroxyl groups excluding tert-OH is 1. The fourth-order valence-corrected chi connectivity index (χ4v) is 2.15. The predicted molar refractivity (Wildman–Crippen MR) is 88.8 cm³/mol. The van der Waals surface area contributed by atoms with Crippen LogP contribution in [0.3, 0.4) is 0 Å². The van der Waals surface area contributed by atoms with Gasteiger partial charge in [-0.05, 0) is 42.7 Å². The van der Waals surface area contributed by atoms with Crippen molar-refractivity contribution in [2.75, 3.05) is 18.1 Å². The summed E-state index contributed by atoms with van der Waals surface area (Å²) >= 11 is 0. The molecule has 0 aliphatic rings. The van der Waals surface area contributed by atoms with Crippen LogP contribution < -0.4 is 11.5 Å². The van der Waals surface area contributed by atoms with Crippen LogP contribution in [-0.2, 0) is 11.2 Å². The fraction of sp³-hybridized carbons (Fsp3) is 0.529. The molecule has 0 fully saturated rings. The Labute approximate surface area is 127 Å². The molecule has 0 amide bonds. The van der Waals surface area contributed by atoms with Crippen LogP contribution in [0.4, 0.5) is 11.4 Å². The van der Waals surface area contributed by atoms with Gasteiger partial charge in [0, 0.05) is 17.8 Å². The van der Waals surface area contributed by atoms with Crippen molar-refractivity contribution in [1.29, 1.82) is 0 Å². The molecule has 0 saturated carbocycles. The zero-order valence-corrected chi connectivity index (χ0v) is 13.1. The van der Waals surface area contributed by atoms with Gasteiger partial charge in [0.2, 0.25) is 0 Å². The van der Waals surface area contributed by atoms with E-state index in [0.29, 0.717) is 30.2 Å². The van der Waals surface area contributed by atoms with Gasteiger partial charge in [-0.1, -0.05) is 26.7 Å². The Balaban J connectivity index is 2.66. The first-order valence-corrected chi connectivity index (χ1v) is 7.73. The van der Waals surface area contributed by atoms with Crippen molar-refractivity contribution >= 4 is 11.4 Å². The first-order chi connectivity index (χ1) is 10.1. The van der Waals surface area contributed by atoms with Crippen LogP contribution in [0.1, 0.15) is 45.1 Å². The molecule has 5 N–H and O–H groups in total. The van der Waals surface area contributed by atoms with E-state index in [1.165, 1.54) is 0 Å². The minimum Gasteiger partial charge on any atom is -0.496 e. The number of allylic oxidation sites excluding steroid dienone is 1. The molecule has 0 spiro atoms. The fourth-order valence-electron chi connectivity index (χ4n) is 2.15.